The molecule has 7 nitrogen and oxygen atoms in total. The van der Waals surface area contributed by atoms with E-state index in [1.165, 1.54) is 7.11 Å². The van der Waals surface area contributed by atoms with Gasteiger partial charge in [-0.25, -0.2) is 9.59 Å². The van der Waals surface area contributed by atoms with Crippen LogP contribution < -0.4 is 10.6 Å². The van der Waals surface area contributed by atoms with Crippen LogP contribution >= 0.6 is 0 Å². The van der Waals surface area contributed by atoms with E-state index in [0.29, 0.717) is 13.2 Å². The third-order valence-corrected chi connectivity index (χ3v) is 2.20. The van der Waals surface area contributed by atoms with E-state index >= 15 is 0 Å². The molecule has 1 aliphatic heterocycles. The first kappa shape index (κ1) is 12.7. The van der Waals surface area contributed by atoms with E-state index in [4.69, 9.17) is 9.84 Å². The molecule has 92 valence electrons. The Labute approximate surface area is 93.1 Å². The molecular formula is C9H16N2O5. The second kappa shape index (κ2) is 6.29. The highest BCUT2D eigenvalue weighted by Gasteiger charge is 2.22. The van der Waals surface area contributed by atoms with E-state index in [1.54, 1.807) is 0 Å². The minimum Gasteiger partial charge on any atom is -0.480 e. The van der Waals surface area contributed by atoms with E-state index in [9.17, 15) is 9.59 Å². The highest BCUT2D eigenvalue weighted by Crippen LogP contribution is 2.02. The zero-order valence-corrected chi connectivity index (χ0v) is 9.06. The van der Waals surface area contributed by atoms with Crippen molar-refractivity contribution in [1.82, 2.24) is 10.6 Å². The normalized spacial score (nSPS) is 21.4. The Kier molecular flexibility index (Phi) is 5.00. The first-order chi connectivity index (χ1) is 7.63. The van der Waals surface area contributed by atoms with Gasteiger partial charge in [0.05, 0.1) is 19.3 Å². The fourth-order valence-corrected chi connectivity index (χ4v) is 1.38. The molecule has 0 bridgehead atoms. The fourth-order valence-electron chi connectivity index (χ4n) is 1.38. The standard InChI is InChI=1S/C9H16N2O5/c1-15-5-7(8(12)13)11-9(14)10-6-2-3-16-4-6/h6-7H,2-5H2,1H3,(H,12,13)(H2,10,11,14). The molecule has 1 aliphatic rings. The summed E-state index contributed by atoms with van der Waals surface area (Å²) in [6.45, 7) is 1.02. The fraction of sp³-hybridized carbons (Fsp3) is 0.778. The van der Waals surface area contributed by atoms with Crippen molar-refractivity contribution in [2.75, 3.05) is 26.9 Å². The average molecular weight is 232 g/mol. The second-order valence-electron chi connectivity index (χ2n) is 3.52. The highest BCUT2D eigenvalue weighted by molar-refractivity contribution is 5.82. The van der Waals surface area contributed by atoms with Crippen LogP contribution in [0.4, 0.5) is 4.79 Å². The SMILES string of the molecule is COCC(NC(=O)NC1CCOC1)C(=O)O. The molecular weight excluding hydrogens is 216 g/mol. The lowest BCUT2D eigenvalue weighted by atomic mass is 10.2. The molecule has 2 unspecified atom stereocenters. The zero-order chi connectivity index (χ0) is 12.0. The number of carboxylic acid groups (broad SMARTS) is 1. The van der Waals surface area contributed by atoms with E-state index in [2.05, 4.69) is 15.4 Å². The molecule has 1 heterocycles. The van der Waals surface area contributed by atoms with Gasteiger partial charge >= 0.3 is 12.0 Å². The van der Waals surface area contributed by atoms with Crippen molar-refractivity contribution in [2.45, 2.75) is 18.5 Å². The monoisotopic (exact) mass is 232 g/mol. The van der Waals surface area contributed by atoms with Crippen molar-refractivity contribution in [1.29, 1.82) is 0 Å². The number of aliphatic carboxylic acids is 1. The van der Waals surface area contributed by atoms with Crippen molar-refractivity contribution in [2.24, 2.45) is 0 Å². The maximum atomic E-state index is 11.4. The molecule has 7 heteroatoms. The molecule has 1 rings (SSSR count). The number of carboxylic acids is 1. The van der Waals surface area contributed by atoms with Crippen LogP contribution in [0, 0.1) is 0 Å². The summed E-state index contributed by atoms with van der Waals surface area (Å²) in [5, 5.41) is 13.7. The number of ether oxygens (including phenoxy) is 2. The van der Waals surface area contributed by atoms with Crippen LogP contribution in [0.5, 0.6) is 0 Å². The van der Waals surface area contributed by atoms with E-state index in [0.717, 1.165) is 6.42 Å². The van der Waals surface area contributed by atoms with Gasteiger partial charge in [0.25, 0.3) is 0 Å². The average Bonchev–Trinajstić information content (AvgIpc) is 2.69. The molecule has 0 radical (unpaired) electrons. The van der Waals surface area contributed by atoms with Gasteiger partial charge in [0.15, 0.2) is 6.04 Å². The molecule has 0 spiro atoms. The first-order valence-electron chi connectivity index (χ1n) is 5.00. The molecule has 1 saturated heterocycles. The van der Waals surface area contributed by atoms with Gasteiger partial charge in [-0.15, -0.1) is 0 Å². The summed E-state index contributed by atoms with van der Waals surface area (Å²) in [4.78, 5) is 22.1. The molecule has 0 aromatic rings. The summed E-state index contributed by atoms with van der Waals surface area (Å²) in [5.41, 5.74) is 0. The molecule has 2 amide bonds. The summed E-state index contributed by atoms with van der Waals surface area (Å²) in [6.07, 6.45) is 0.745. The van der Waals surface area contributed by atoms with Gasteiger partial charge in [0.2, 0.25) is 0 Å². The lowest BCUT2D eigenvalue weighted by molar-refractivity contribution is -0.140. The number of hydrogen-bond acceptors (Lipinski definition) is 4. The summed E-state index contributed by atoms with van der Waals surface area (Å²) < 4.78 is 9.76. The number of carbonyl (C=O) groups is 2. The van der Waals surface area contributed by atoms with Crippen LogP contribution in [0.25, 0.3) is 0 Å². The summed E-state index contributed by atoms with van der Waals surface area (Å²) >= 11 is 0. The molecule has 2 atom stereocenters. The predicted octanol–water partition coefficient (Wildman–Crippen LogP) is -0.826. The van der Waals surface area contributed by atoms with Crippen LogP contribution in [-0.2, 0) is 14.3 Å². The number of carbonyl (C=O) groups excluding carboxylic acids is 1. The van der Waals surface area contributed by atoms with Crippen LogP contribution in [0.1, 0.15) is 6.42 Å². The number of urea groups is 1. The van der Waals surface area contributed by atoms with Crippen molar-refractivity contribution in [3.8, 4) is 0 Å². The summed E-state index contributed by atoms with van der Waals surface area (Å²) in [7, 11) is 1.38. The Morgan fingerprint density at radius 1 is 1.62 bits per heavy atom. The predicted molar refractivity (Wildman–Crippen MR) is 54.2 cm³/mol. The summed E-state index contributed by atoms with van der Waals surface area (Å²) in [6, 6.07) is -1.59. The second-order valence-corrected chi connectivity index (χ2v) is 3.52. The number of hydrogen-bond donors (Lipinski definition) is 3. The summed E-state index contributed by atoms with van der Waals surface area (Å²) in [5.74, 6) is -1.13. The Morgan fingerprint density at radius 2 is 2.38 bits per heavy atom. The Bertz CT molecular complexity index is 252. The van der Waals surface area contributed by atoms with Crippen molar-refractivity contribution >= 4 is 12.0 Å². The Hall–Kier alpha value is -1.34. The van der Waals surface area contributed by atoms with Crippen molar-refractivity contribution in [3.05, 3.63) is 0 Å². The van der Waals surface area contributed by atoms with E-state index in [-0.39, 0.29) is 12.6 Å². The van der Waals surface area contributed by atoms with Crippen LogP contribution in [0.15, 0.2) is 0 Å². The zero-order valence-electron chi connectivity index (χ0n) is 9.06. The number of methoxy groups -OCH3 is 1. The maximum absolute atomic E-state index is 11.4. The largest absolute Gasteiger partial charge is 0.480 e. The lowest BCUT2D eigenvalue weighted by Gasteiger charge is -2.16. The molecule has 0 aliphatic carbocycles. The van der Waals surface area contributed by atoms with Crippen molar-refractivity contribution < 1.29 is 24.2 Å². The minimum absolute atomic E-state index is 0.0445. The smallest absolute Gasteiger partial charge is 0.328 e. The van der Waals surface area contributed by atoms with Gasteiger partial charge in [-0.05, 0) is 6.42 Å². The quantitative estimate of drug-likeness (QED) is 0.575. The number of rotatable bonds is 5. The topological polar surface area (TPSA) is 96.9 Å². The Balaban J connectivity index is 2.32. The van der Waals surface area contributed by atoms with Gasteiger partial charge in [-0.2, -0.15) is 0 Å². The van der Waals surface area contributed by atoms with Crippen molar-refractivity contribution in [3.63, 3.8) is 0 Å². The lowest BCUT2D eigenvalue weighted by Crippen LogP contribution is -2.50. The third kappa shape index (κ3) is 4.03. The third-order valence-electron chi connectivity index (χ3n) is 2.20. The minimum atomic E-state index is -1.13. The van der Waals surface area contributed by atoms with Gasteiger partial charge in [-0.1, -0.05) is 0 Å². The molecule has 3 N–H and O–H groups in total. The Morgan fingerprint density at radius 3 is 2.88 bits per heavy atom. The number of amides is 2. The highest BCUT2D eigenvalue weighted by atomic mass is 16.5. The molecule has 16 heavy (non-hydrogen) atoms. The van der Waals surface area contributed by atoms with Crippen LogP contribution in [0.3, 0.4) is 0 Å². The maximum Gasteiger partial charge on any atom is 0.328 e. The van der Waals surface area contributed by atoms with Gasteiger partial charge < -0.3 is 25.2 Å². The first-order valence-corrected chi connectivity index (χ1v) is 5.00. The van der Waals surface area contributed by atoms with Crippen LogP contribution in [0.2, 0.25) is 0 Å². The molecule has 1 fully saturated rings. The number of nitrogens with one attached hydrogen (secondary N) is 2. The van der Waals surface area contributed by atoms with Gasteiger partial charge in [0, 0.05) is 13.7 Å². The molecule has 0 saturated carbocycles. The van der Waals surface area contributed by atoms with Gasteiger partial charge in [0.1, 0.15) is 0 Å². The molecule has 0 aromatic carbocycles. The van der Waals surface area contributed by atoms with Gasteiger partial charge in [-0.3, -0.25) is 0 Å². The molecule has 0 aromatic heterocycles. The van der Waals surface area contributed by atoms with E-state index < -0.39 is 18.0 Å². The van der Waals surface area contributed by atoms with E-state index in [1.807, 2.05) is 0 Å². The van der Waals surface area contributed by atoms with Crippen LogP contribution in [-0.4, -0.2) is 56.1 Å².